The highest BCUT2D eigenvalue weighted by molar-refractivity contribution is 4.84. The smallest absolute Gasteiger partial charge is 0.0116 e. The first-order chi connectivity index (χ1) is 6.02. The SMILES string of the molecule is CC(C)(C)C(N)C1CCCCCC1. The van der Waals surface area contributed by atoms with Crippen LogP contribution in [0.3, 0.4) is 0 Å². The fraction of sp³-hybridized carbons (Fsp3) is 1.00. The standard InChI is InChI=1S/C12H25N/c1-12(2,3)11(13)10-8-6-4-5-7-9-10/h10-11H,4-9,13H2,1-3H3. The van der Waals surface area contributed by atoms with Crippen LogP contribution in [-0.2, 0) is 0 Å². The minimum absolute atomic E-state index is 0.287. The van der Waals surface area contributed by atoms with Crippen LogP contribution in [0.2, 0.25) is 0 Å². The van der Waals surface area contributed by atoms with Crippen molar-refractivity contribution < 1.29 is 0 Å². The second kappa shape index (κ2) is 4.45. The van der Waals surface area contributed by atoms with Gasteiger partial charge in [0.25, 0.3) is 0 Å². The quantitative estimate of drug-likeness (QED) is 0.620. The molecule has 1 saturated carbocycles. The van der Waals surface area contributed by atoms with Crippen LogP contribution < -0.4 is 5.73 Å². The van der Waals surface area contributed by atoms with Crippen LogP contribution in [-0.4, -0.2) is 6.04 Å². The molecular weight excluding hydrogens is 158 g/mol. The van der Waals surface area contributed by atoms with Gasteiger partial charge >= 0.3 is 0 Å². The Morgan fingerprint density at radius 1 is 1.00 bits per heavy atom. The van der Waals surface area contributed by atoms with Crippen molar-refractivity contribution in [1.82, 2.24) is 0 Å². The van der Waals surface area contributed by atoms with E-state index in [1.807, 2.05) is 0 Å². The van der Waals surface area contributed by atoms with Gasteiger partial charge in [0.1, 0.15) is 0 Å². The fourth-order valence-corrected chi connectivity index (χ4v) is 2.38. The second-order valence-corrected chi connectivity index (χ2v) is 5.64. The molecule has 0 aliphatic heterocycles. The first-order valence-electron chi connectivity index (χ1n) is 5.77. The van der Waals surface area contributed by atoms with Gasteiger partial charge in [0.05, 0.1) is 0 Å². The largest absolute Gasteiger partial charge is 0.327 e. The average molecular weight is 183 g/mol. The molecule has 0 aromatic heterocycles. The van der Waals surface area contributed by atoms with E-state index in [2.05, 4.69) is 20.8 Å². The van der Waals surface area contributed by atoms with E-state index in [-0.39, 0.29) is 5.41 Å². The van der Waals surface area contributed by atoms with Crippen LogP contribution in [0.4, 0.5) is 0 Å². The zero-order valence-electron chi connectivity index (χ0n) is 9.47. The van der Waals surface area contributed by atoms with Gasteiger partial charge in [-0.25, -0.2) is 0 Å². The molecule has 0 saturated heterocycles. The molecule has 1 heteroatoms. The number of hydrogen-bond acceptors (Lipinski definition) is 1. The second-order valence-electron chi connectivity index (χ2n) is 5.64. The third kappa shape index (κ3) is 3.30. The topological polar surface area (TPSA) is 26.0 Å². The van der Waals surface area contributed by atoms with Crippen molar-refractivity contribution in [3.05, 3.63) is 0 Å². The third-order valence-corrected chi connectivity index (χ3v) is 3.41. The first-order valence-corrected chi connectivity index (χ1v) is 5.77. The van der Waals surface area contributed by atoms with Crippen molar-refractivity contribution in [3.63, 3.8) is 0 Å². The van der Waals surface area contributed by atoms with E-state index in [0.717, 1.165) is 5.92 Å². The van der Waals surface area contributed by atoms with Gasteiger partial charge in [-0.1, -0.05) is 46.5 Å². The van der Waals surface area contributed by atoms with Crippen LogP contribution >= 0.6 is 0 Å². The van der Waals surface area contributed by atoms with Crippen molar-refractivity contribution in [1.29, 1.82) is 0 Å². The molecule has 0 aromatic carbocycles. The monoisotopic (exact) mass is 183 g/mol. The summed E-state index contributed by atoms with van der Waals surface area (Å²) in [5.41, 5.74) is 6.58. The number of nitrogens with two attached hydrogens (primary N) is 1. The van der Waals surface area contributed by atoms with Crippen molar-refractivity contribution >= 4 is 0 Å². The van der Waals surface area contributed by atoms with Gasteiger partial charge in [0.15, 0.2) is 0 Å². The van der Waals surface area contributed by atoms with E-state index in [4.69, 9.17) is 5.73 Å². The summed E-state index contributed by atoms with van der Waals surface area (Å²) in [6.07, 6.45) is 8.36. The van der Waals surface area contributed by atoms with E-state index < -0.39 is 0 Å². The molecule has 0 aromatic rings. The van der Waals surface area contributed by atoms with Crippen LogP contribution in [0.25, 0.3) is 0 Å². The summed E-state index contributed by atoms with van der Waals surface area (Å²) in [6.45, 7) is 6.80. The maximum absolute atomic E-state index is 6.29. The lowest BCUT2D eigenvalue weighted by Gasteiger charge is -2.33. The Labute approximate surface area is 83.1 Å². The van der Waals surface area contributed by atoms with Crippen molar-refractivity contribution in [2.45, 2.75) is 65.3 Å². The summed E-state index contributed by atoms with van der Waals surface area (Å²) in [7, 11) is 0. The summed E-state index contributed by atoms with van der Waals surface area (Å²) >= 11 is 0. The Hall–Kier alpha value is -0.0400. The summed E-state index contributed by atoms with van der Waals surface area (Å²) in [4.78, 5) is 0. The minimum Gasteiger partial charge on any atom is -0.327 e. The average Bonchev–Trinajstić information content (AvgIpc) is 2.28. The molecule has 0 amide bonds. The van der Waals surface area contributed by atoms with E-state index >= 15 is 0 Å². The van der Waals surface area contributed by atoms with Crippen molar-refractivity contribution in [2.24, 2.45) is 17.1 Å². The number of hydrogen-bond donors (Lipinski definition) is 1. The van der Waals surface area contributed by atoms with Gasteiger partial charge < -0.3 is 5.73 Å². The van der Waals surface area contributed by atoms with Gasteiger partial charge in [-0.3, -0.25) is 0 Å². The Bertz CT molecular complexity index is 138. The van der Waals surface area contributed by atoms with Gasteiger partial charge in [0.2, 0.25) is 0 Å². The molecule has 78 valence electrons. The molecule has 1 rings (SSSR count). The molecule has 1 fully saturated rings. The normalized spacial score (nSPS) is 24.0. The van der Waals surface area contributed by atoms with E-state index in [1.54, 1.807) is 0 Å². The van der Waals surface area contributed by atoms with Crippen molar-refractivity contribution in [3.8, 4) is 0 Å². The Balaban J connectivity index is 2.48. The highest BCUT2D eigenvalue weighted by Gasteiger charge is 2.28. The minimum atomic E-state index is 0.287. The van der Waals surface area contributed by atoms with E-state index in [0.29, 0.717) is 6.04 Å². The molecular formula is C12H25N. The van der Waals surface area contributed by atoms with Crippen LogP contribution in [0.15, 0.2) is 0 Å². The molecule has 13 heavy (non-hydrogen) atoms. The molecule has 0 spiro atoms. The number of rotatable bonds is 1. The Kier molecular flexibility index (Phi) is 3.78. The van der Waals surface area contributed by atoms with E-state index in [9.17, 15) is 0 Å². The molecule has 1 atom stereocenters. The fourth-order valence-electron chi connectivity index (χ4n) is 2.38. The Morgan fingerprint density at radius 2 is 1.46 bits per heavy atom. The summed E-state index contributed by atoms with van der Waals surface area (Å²) in [6, 6.07) is 0.394. The summed E-state index contributed by atoms with van der Waals surface area (Å²) < 4.78 is 0. The predicted molar refractivity (Wildman–Crippen MR) is 58.6 cm³/mol. The summed E-state index contributed by atoms with van der Waals surface area (Å²) in [5, 5.41) is 0. The van der Waals surface area contributed by atoms with Crippen LogP contribution in [0.1, 0.15) is 59.3 Å². The summed E-state index contributed by atoms with van der Waals surface area (Å²) in [5.74, 6) is 0.780. The third-order valence-electron chi connectivity index (χ3n) is 3.41. The maximum atomic E-state index is 6.29. The lowest BCUT2D eigenvalue weighted by molar-refractivity contribution is 0.219. The highest BCUT2D eigenvalue weighted by atomic mass is 14.7. The van der Waals surface area contributed by atoms with Crippen LogP contribution in [0, 0.1) is 11.3 Å². The first kappa shape index (κ1) is 11.0. The van der Waals surface area contributed by atoms with Gasteiger partial charge in [-0.15, -0.1) is 0 Å². The lowest BCUT2D eigenvalue weighted by atomic mass is 9.77. The Morgan fingerprint density at radius 3 is 1.85 bits per heavy atom. The van der Waals surface area contributed by atoms with Gasteiger partial charge in [-0.2, -0.15) is 0 Å². The molecule has 2 N–H and O–H groups in total. The van der Waals surface area contributed by atoms with E-state index in [1.165, 1.54) is 38.5 Å². The highest BCUT2D eigenvalue weighted by Crippen LogP contribution is 2.32. The molecule has 1 aliphatic rings. The molecule has 0 bridgehead atoms. The molecule has 0 radical (unpaired) electrons. The zero-order valence-corrected chi connectivity index (χ0v) is 9.47. The zero-order chi connectivity index (χ0) is 9.90. The maximum Gasteiger partial charge on any atom is 0.0116 e. The van der Waals surface area contributed by atoms with Gasteiger partial charge in [0, 0.05) is 6.04 Å². The lowest BCUT2D eigenvalue weighted by Crippen LogP contribution is -2.41. The predicted octanol–water partition coefficient (Wildman–Crippen LogP) is 3.33. The van der Waals surface area contributed by atoms with Crippen LogP contribution in [0.5, 0.6) is 0 Å². The van der Waals surface area contributed by atoms with Gasteiger partial charge in [-0.05, 0) is 24.2 Å². The molecule has 0 heterocycles. The molecule has 1 unspecified atom stereocenters. The van der Waals surface area contributed by atoms with Crippen molar-refractivity contribution in [2.75, 3.05) is 0 Å². The molecule has 1 aliphatic carbocycles. The molecule has 1 nitrogen and oxygen atoms in total.